The summed E-state index contributed by atoms with van der Waals surface area (Å²) < 4.78 is 68.8. The third-order valence-corrected chi connectivity index (χ3v) is 21.3. The number of carbonyl (C=O) groups excluding carboxylic acids is 4. The minimum atomic E-state index is -4.96. The van der Waals surface area contributed by atoms with Crippen LogP contribution < -0.4 is 0 Å². The lowest BCUT2D eigenvalue weighted by molar-refractivity contribution is -0.161. The number of aliphatic hydroxyl groups is 1. The Bertz CT molecular complexity index is 1970. The normalized spacial score (nSPS) is 13.9. The molecule has 102 heavy (non-hydrogen) atoms. The lowest BCUT2D eigenvalue weighted by Crippen LogP contribution is -2.30. The van der Waals surface area contributed by atoms with E-state index in [1.54, 1.807) is 0 Å². The molecule has 0 heterocycles. The van der Waals surface area contributed by atoms with Crippen molar-refractivity contribution in [1.82, 2.24) is 0 Å². The van der Waals surface area contributed by atoms with E-state index < -0.39 is 97.5 Å². The van der Waals surface area contributed by atoms with E-state index >= 15 is 0 Å². The molecule has 0 aliphatic carbocycles. The zero-order valence-electron chi connectivity index (χ0n) is 67.1. The Hall–Kier alpha value is -1.94. The number of hydrogen-bond acceptors (Lipinski definition) is 15. The van der Waals surface area contributed by atoms with Crippen molar-refractivity contribution in [1.29, 1.82) is 0 Å². The van der Waals surface area contributed by atoms with Crippen molar-refractivity contribution in [3.63, 3.8) is 0 Å². The number of hydrogen-bond donors (Lipinski definition) is 3. The van der Waals surface area contributed by atoms with Gasteiger partial charge in [-0.3, -0.25) is 37.3 Å². The fraction of sp³-hybridized carbons (Fsp3) is 0.952. The maximum Gasteiger partial charge on any atom is 0.472 e. The van der Waals surface area contributed by atoms with Crippen molar-refractivity contribution in [2.75, 3.05) is 39.6 Å². The van der Waals surface area contributed by atoms with E-state index in [9.17, 15) is 43.2 Å². The van der Waals surface area contributed by atoms with Crippen LogP contribution in [0.2, 0.25) is 0 Å². The van der Waals surface area contributed by atoms with Crippen molar-refractivity contribution in [2.24, 2.45) is 17.8 Å². The van der Waals surface area contributed by atoms with Crippen molar-refractivity contribution in [2.45, 2.75) is 452 Å². The SMILES string of the molecule is CCCCCCCCCCCCCCCCC(=O)O[C@H](COC(=O)CCCCCCCCCC(C)C)COP(=O)(O)OC[C@H](O)COP(=O)(O)OC[C@@H](COC(=O)CCCCCCCCCCCCCCCCC(C)C)OC(=O)CCCCCCCCCCCCCCCCCCCCC(C)C. The van der Waals surface area contributed by atoms with Gasteiger partial charge >= 0.3 is 39.5 Å². The van der Waals surface area contributed by atoms with Crippen molar-refractivity contribution < 1.29 is 80.2 Å². The fourth-order valence-corrected chi connectivity index (χ4v) is 14.4. The summed E-state index contributed by atoms with van der Waals surface area (Å²) in [6.45, 7) is 12.0. The second-order valence-electron chi connectivity index (χ2n) is 31.3. The monoisotopic (exact) mass is 1490 g/mol. The Morgan fingerprint density at radius 1 is 0.265 bits per heavy atom. The number of rotatable bonds is 81. The summed E-state index contributed by atoms with van der Waals surface area (Å²) >= 11 is 0. The summed E-state index contributed by atoms with van der Waals surface area (Å²) in [5.74, 6) is 0.216. The Balaban J connectivity index is 5.23. The van der Waals surface area contributed by atoms with Gasteiger partial charge in [0.15, 0.2) is 12.2 Å². The Kier molecular flexibility index (Phi) is 71.8. The maximum atomic E-state index is 13.1. The van der Waals surface area contributed by atoms with Gasteiger partial charge in [0.05, 0.1) is 26.4 Å². The van der Waals surface area contributed by atoms with Crippen LogP contribution in [0.4, 0.5) is 0 Å². The molecule has 3 N–H and O–H groups in total. The predicted octanol–water partition coefficient (Wildman–Crippen LogP) is 24.9. The van der Waals surface area contributed by atoms with Crippen LogP contribution in [0.1, 0.15) is 434 Å². The van der Waals surface area contributed by atoms with Crippen molar-refractivity contribution in [3.05, 3.63) is 0 Å². The van der Waals surface area contributed by atoms with Gasteiger partial charge in [0.1, 0.15) is 19.3 Å². The summed E-state index contributed by atoms with van der Waals surface area (Å²) in [5, 5.41) is 10.7. The molecule has 0 rings (SSSR count). The van der Waals surface area contributed by atoms with E-state index in [-0.39, 0.29) is 25.7 Å². The number of phosphoric acid groups is 2. The number of carbonyl (C=O) groups is 4. The largest absolute Gasteiger partial charge is 0.472 e. The number of esters is 4. The molecule has 0 saturated heterocycles. The molecule has 0 aliphatic rings. The second kappa shape index (κ2) is 73.2. The fourth-order valence-electron chi connectivity index (χ4n) is 12.8. The highest BCUT2D eigenvalue weighted by molar-refractivity contribution is 7.47. The average molecular weight is 1490 g/mol. The van der Waals surface area contributed by atoms with Gasteiger partial charge in [-0.1, -0.05) is 382 Å². The van der Waals surface area contributed by atoms with Gasteiger partial charge in [0, 0.05) is 25.7 Å². The van der Waals surface area contributed by atoms with Crippen LogP contribution >= 0.6 is 15.6 Å². The molecule has 2 unspecified atom stereocenters. The summed E-state index contributed by atoms with van der Waals surface area (Å²) in [4.78, 5) is 73.1. The molecule has 19 heteroatoms. The zero-order valence-corrected chi connectivity index (χ0v) is 68.9. The predicted molar refractivity (Wildman–Crippen MR) is 418 cm³/mol. The Morgan fingerprint density at radius 2 is 0.451 bits per heavy atom. The molecule has 17 nitrogen and oxygen atoms in total. The van der Waals surface area contributed by atoms with Crippen LogP contribution in [0.15, 0.2) is 0 Å². The molecule has 606 valence electrons. The smallest absolute Gasteiger partial charge is 0.462 e. The van der Waals surface area contributed by atoms with Crippen LogP contribution in [0.5, 0.6) is 0 Å². The summed E-state index contributed by atoms with van der Waals surface area (Å²) in [6.07, 6.45) is 62.5. The first-order valence-corrected chi connectivity index (χ1v) is 45.8. The third-order valence-electron chi connectivity index (χ3n) is 19.4. The van der Waals surface area contributed by atoms with Gasteiger partial charge in [0.25, 0.3) is 0 Å². The van der Waals surface area contributed by atoms with Gasteiger partial charge in [-0.2, -0.15) is 0 Å². The molecule has 0 spiro atoms. The number of phosphoric ester groups is 2. The van der Waals surface area contributed by atoms with E-state index in [4.69, 9.17) is 37.0 Å². The Morgan fingerprint density at radius 3 is 0.667 bits per heavy atom. The highest BCUT2D eigenvalue weighted by atomic mass is 31.2. The first-order chi connectivity index (χ1) is 49.2. The summed E-state index contributed by atoms with van der Waals surface area (Å²) in [5.41, 5.74) is 0. The topological polar surface area (TPSA) is 237 Å². The van der Waals surface area contributed by atoms with Crippen molar-refractivity contribution in [3.8, 4) is 0 Å². The van der Waals surface area contributed by atoms with E-state index in [0.717, 1.165) is 108 Å². The molecule has 0 aromatic rings. The average Bonchev–Trinajstić information content (AvgIpc) is 0.912. The van der Waals surface area contributed by atoms with Crippen LogP contribution in [0, 0.1) is 17.8 Å². The van der Waals surface area contributed by atoms with Crippen LogP contribution in [0.3, 0.4) is 0 Å². The van der Waals surface area contributed by atoms with Crippen LogP contribution in [0.25, 0.3) is 0 Å². The summed E-state index contributed by atoms with van der Waals surface area (Å²) in [7, 11) is -9.92. The molecule has 0 aliphatic heterocycles. The quantitative estimate of drug-likeness (QED) is 0.0222. The first kappa shape index (κ1) is 100. The van der Waals surface area contributed by atoms with E-state index in [1.165, 1.54) is 238 Å². The molecule has 0 aromatic carbocycles. The molecule has 5 atom stereocenters. The molecule has 0 saturated carbocycles. The van der Waals surface area contributed by atoms with Gasteiger partial charge in [-0.25, -0.2) is 9.13 Å². The van der Waals surface area contributed by atoms with Gasteiger partial charge in [-0.05, 0) is 43.4 Å². The number of ether oxygens (including phenoxy) is 4. The minimum absolute atomic E-state index is 0.107. The minimum Gasteiger partial charge on any atom is -0.462 e. The molecule has 0 radical (unpaired) electrons. The second-order valence-corrected chi connectivity index (χ2v) is 34.2. The van der Waals surface area contributed by atoms with Crippen molar-refractivity contribution >= 4 is 39.5 Å². The molecule has 0 bridgehead atoms. The summed E-state index contributed by atoms with van der Waals surface area (Å²) in [6, 6.07) is 0. The highest BCUT2D eigenvalue weighted by Gasteiger charge is 2.30. The van der Waals surface area contributed by atoms with E-state index in [1.807, 2.05) is 0 Å². The lowest BCUT2D eigenvalue weighted by Gasteiger charge is -2.21. The third kappa shape index (κ3) is 76.3. The van der Waals surface area contributed by atoms with Gasteiger partial charge in [0.2, 0.25) is 0 Å². The number of aliphatic hydroxyl groups excluding tert-OH is 1. The maximum absolute atomic E-state index is 13.1. The molecule has 0 aromatic heterocycles. The van der Waals surface area contributed by atoms with Crippen LogP contribution in [-0.4, -0.2) is 96.7 Å². The van der Waals surface area contributed by atoms with E-state index in [2.05, 4.69) is 48.5 Å². The molecular formula is C83H162O17P2. The first-order valence-electron chi connectivity index (χ1n) is 42.8. The standard InChI is InChI=1S/C83H162O17P2/c1-8-9-10-11-12-13-14-15-26-32-37-44-52-59-66-83(88)100-79(71-94-81(86)65-58-51-46-39-42-49-56-63-76(6)7)73-98-102(91,92)96-69-77(84)68-95-101(89,90)97-72-78(70-93-80(85)64-57-50-43-36-31-27-23-22-25-30-35-41-48-55-62-75(4)5)99-82(87)67-60-53-45-38-33-28-21-19-17-16-18-20-24-29-34-40-47-54-61-74(2)3/h74-79,84H,8-73H2,1-7H3,(H,89,90)(H,91,92)/t77-,78-,79-/m1/s1. The molecule has 0 amide bonds. The number of unbranched alkanes of at least 4 members (excludes halogenated alkanes) is 49. The molecular weight excluding hydrogens is 1330 g/mol. The van der Waals surface area contributed by atoms with Gasteiger partial charge < -0.3 is 33.8 Å². The van der Waals surface area contributed by atoms with E-state index in [0.29, 0.717) is 31.6 Å². The Labute approximate surface area is 626 Å². The zero-order chi connectivity index (χ0) is 75.1. The molecule has 0 fully saturated rings. The van der Waals surface area contributed by atoms with Crippen LogP contribution in [-0.2, 0) is 65.4 Å². The van der Waals surface area contributed by atoms with Gasteiger partial charge in [-0.15, -0.1) is 0 Å². The lowest BCUT2D eigenvalue weighted by atomic mass is 10.0. The highest BCUT2D eigenvalue weighted by Crippen LogP contribution is 2.45.